The van der Waals surface area contributed by atoms with Gasteiger partial charge in [0.25, 0.3) is 40.7 Å². The lowest BCUT2D eigenvalue weighted by atomic mass is 9.82. The largest absolute Gasteiger partial charge is 0.373 e. The van der Waals surface area contributed by atoms with Crippen molar-refractivity contribution in [2.75, 3.05) is 33.0 Å². The number of carbonyl (C=O) groups is 10. The summed E-state index contributed by atoms with van der Waals surface area (Å²) in [4.78, 5) is 242. The Kier molecular flexibility index (Phi) is 39.5. The van der Waals surface area contributed by atoms with Gasteiger partial charge >= 0.3 is 0 Å². The quantitative estimate of drug-likeness (QED) is 0.0258. The Hall–Kier alpha value is -13.5. The molecule has 3 aliphatic heterocycles. The monoisotopic (exact) mass is 1800 g/mol. The molecule has 3 fully saturated rings. The Morgan fingerprint density at radius 1 is 0.258 bits per heavy atom. The maximum absolute atomic E-state index is 12.7. The summed E-state index contributed by atoms with van der Waals surface area (Å²) in [5.41, 5.74) is 8.58. The number of unbranched alkanes of at least 4 members (excludes halogenated alkanes) is 10. The van der Waals surface area contributed by atoms with Gasteiger partial charge in [0.15, 0.2) is 94.5 Å². The minimum atomic E-state index is -1.32. The van der Waals surface area contributed by atoms with Gasteiger partial charge in [-0.05, 0) is 153 Å². The van der Waals surface area contributed by atoms with Crippen LogP contribution in [-0.4, -0.2) is 186 Å². The molecule has 8 aliphatic rings. The summed E-state index contributed by atoms with van der Waals surface area (Å²) in [7, 11) is 0. The van der Waals surface area contributed by atoms with Crippen molar-refractivity contribution < 1.29 is 142 Å². The van der Waals surface area contributed by atoms with Crippen molar-refractivity contribution in [3.63, 3.8) is 0 Å². The third kappa shape index (κ3) is 28.3. The second kappa shape index (κ2) is 48.9. The first kappa shape index (κ1) is 103. The molecule has 0 spiro atoms. The number of ether oxygens (including phenoxy) is 3. The van der Waals surface area contributed by atoms with E-state index in [2.05, 4.69) is 38.7 Å². The number of benzene rings is 2. The van der Waals surface area contributed by atoms with E-state index < -0.39 is 95.6 Å². The predicted octanol–water partition coefficient (Wildman–Crippen LogP) is 12.0. The van der Waals surface area contributed by atoms with Gasteiger partial charge in [-0.15, -0.1) is 80.9 Å². The molecule has 128 heavy (non-hydrogen) atoms. The number of fused-ring (bicyclic) bond motifs is 2. The average molecular weight is 1800 g/mol. The number of ketones is 10. The molecular weight excluding hydrogens is 1700 g/mol. The van der Waals surface area contributed by atoms with E-state index in [0.717, 1.165) is 64.2 Å². The summed E-state index contributed by atoms with van der Waals surface area (Å²) in [5, 5.41) is 75.7. The second-order valence-corrected chi connectivity index (χ2v) is 30.7. The minimum Gasteiger partial charge on any atom is -0.373 e. The number of rotatable bonds is 41. The SMILES string of the molecule is CC1=C(C)C(=O)C(CCC2OC[C@@H](O[N+](=O)[O-])[C@H]2O[N+](=O)[O-])=C(C)C1=O.CC1=C(C)C(=O)C(CCCCCCCCO[N+](=O)[O-])=C(C)C1=O.CC1=C(C)C(=O)C(CCCCCCCCO[N+](=O)[O-])=C(C)C1=O.CC1=C(CCC2OC[C@@H](O[N+](=O)[O-])[C@H]2O[N+](=O)[O-])C(=O)c2ccccc2C1=O.CC1=C(CCC2OC[C@H](O[N+](=O)[O-])[C@@H]2O[N+](=O)[O-])C(=O)c2ccccc2C1=O. The van der Waals surface area contributed by atoms with Crippen molar-refractivity contribution in [2.45, 2.75) is 260 Å². The topological polar surface area (TPSA) is 617 Å². The van der Waals surface area contributed by atoms with Crippen LogP contribution in [-0.2, 0) is 81.7 Å². The number of carbonyl (C=O) groups excluding carboxylic acids is 10. The lowest BCUT2D eigenvalue weighted by Gasteiger charge is -2.22. The number of Topliss-reactive ketones (excluding diaryl/α,β-unsaturated/α-hetero) is 10. The van der Waals surface area contributed by atoms with Gasteiger partial charge in [-0.25, -0.2) is 0 Å². The Balaban J connectivity index is 0.000000248. The average Bonchev–Trinajstić information content (AvgIpc) is 0.846. The molecule has 0 amide bonds. The normalized spacial score (nSPS) is 21.4. The molecule has 45 heteroatoms. The third-order valence-corrected chi connectivity index (χ3v) is 22.9. The zero-order chi connectivity index (χ0) is 95.2. The first-order valence-corrected chi connectivity index (χ1v) is 40.9. The fourth-order valence-corrected chi connectivity index (χ4v) is 15.4. The van der Waals surface area contributed by atoms with Crippen LogP contribution in [0.3, 0.4) is 0 Å². The van der Waals surface area contributed by atoms with Crippen molar-refractivity contribution in [3.05, 3.63) is 241 Å². The minimum absolute atomic E-state index is 0.0107. The number of hydrogen-bond acceptors (Lipinski definition) is 37. The van der Waals surface area contributed by atoms with E-state index in [1.807, 2.05) is 0 Å². The molecule has 2 aromatic rings. The lowest BCUT2D eigenvalue weighted by Crippen LogP contribution is -2.38. The molecule has 0 saturated carbocycles. The van der Waals surface area contributed by atoms with Crippen molar-refractivity contribution in [1.82, 2.24) is 0 Å². The standard InChI is InChI=1S/2C17H16N2O9.2C17H25NO5.C15H18N2O9/c2*1-9-10(16(21)12-5-3-2-4-11(12)15(9)20)6-7-13-17(28-19(24)25)14(8-26-13)27-18(22)23;2*1-12-13(2)17(20)15(14(3)16(12)19)10-8-6-4-5-7-9-11-23-18(21)22;1-7-8(2)14(19)10(9(3)13(7)18)4-5-11-15(26-17(22)23)12(6-24-11)25-16(20)21/h2*2-5,13-14,17H,6-8H2,1H3;2*4-11H2,1-3H3;11-12,15H,4-6H2,1-3H3/t2*13?,14-,17+;;;11?,12-,15+/m10..1/s1. The molecule has 0 N–H and O–H groups in total. The van der Waals surface area contributed by atoms with Crippen LogP contribution in [0.15, 0.2) is 138 Å². The van der Waals surface area contributed by atoms with Crippen LogP contribution in [0.2, 0.25) is 0 Å². The lowest BCUT2D eigenvalue weighted by molar-refractivity contribution is -0.797. The molecule has 45 nitrogen and oxygen atoms in total. The predicted molar refractivity (Wildman–Crippen MR) is 438 cm³/mol. The number of nitrogens with zero attached hydrogens (tertiary/aromatic N) is 8. The number of hydrogen-bond donors (Lipinski definition) is 0. The van der Waals surface area contributed by atoms with E-state index in [0.29, 0.717) is 126 Å². The summed E-state index contributed by atoms with van der Waals surface area (Å²) in [6.45, 7) is 17.6. The highest BCUT2D eigenvalue weighted by molar-refractivity contribution is 6.29. The summed E-state index contributed by atoms with van der Waals surface area (Å²) in [6, 6.07) is 12.9. The fraction of sp³-hybridized carbons (Fsp3) is 0.542. The molecule has 0 bridgehead atoms. The van der Waals surface area contributed by atoms with Gasteiger partial charge in [0.2, 0.25) is 0 Å². The summed E-state index contributed by atoms with van der Waals surface area (Å²) >= 11 is 0. The van der Waals surface area contributed by atoms with Crippen LogP contribution in [0.1, 0.15) is 246 Å². The zero-order valence-corrected chi connectivity index (χ0v) is 72.2. The molecule has 3 saturated heterocycles. The highest BCUT2D eigenvalue weighted by atomic mass is 17.0. The van der Waals surface area contributed by atoms with Gasteiger partial charge < -0.3 is 52.9 Å². The molecule has 5 aliphatic carbocycles. The molecule has 3 heterocycles. The van der Waals surface area contributed by atoms with Gasteiger partial charge in [0.05, 0.1) is 51.3 Å². The fourth-order valence-electron chi connectivity index (χ4n) is 15.4. The van der Waals surface area contributed by atoms with Gasteiger partial charge in [-0.2, -0.15) is 0 Å². The Morgan fingerprint density at radius 3 is 0.719 bits per heavy atom. The maximum atomic E-state index is 12.7. The van der Waals surface area contributed by atoms with Crippen LogP contribution in [0.5, 0.6) is 0 Å². The molecule has 694 valence electrons. The maximum Gasteiger partial charge on any atom is 0.294 e. The van der Waals surface area contributed by atoms with E-state index in [1.54, 1.807) is 125 Å². The highest BCUT2D eigenvalue weighted by Gasteiger charge is 2.47. The van der Waals surface area contributed by atoms with Gasteiger partial charge in [0, 0.05) is 111 Å². The Bertz CT molecular complexity index is 4730. The molecular formula is C83H100N8O37. The van der Waals surface area contributed by atoms with Crippen LogP contribution in [0.4, 0.5) is 0 Å². The van der Waals surface area contributed by atoms with Crippen molar-refractivity contribution >= 4 is 57.8 Å². The molecule has 0 radical (unpaired) electrons. The van der Waals surface area contributed by atoms with E-state index in [-0.39, 0.29) is 141 Å². The van der Waals surface area contributed by atoms with Crippen LogP contribution in [0.25, 0.3) is 0 Å². The van der Waals surface area contributed by atoms with Gasteiger partial charge in [-0.3, -0.25) is 47.9 Å². The third-order valence-electron chi connectivity index (χ3n) is 22.9. The number of allylic oxidation sites excluding steroid dienone is 16. The smallest absolute Gasteiger partial charge is 0.294 e. The van der Waals surface area contributed by atoms with Crippen LogP contribution < -0.4 is 0 Å². The summed E-state index contributed by atoms with van der Waals surface area (Å²) in [5.74, 6) is -1.60. The molecule has 2 aromatic carbocycles. The van der Waals surface area contributed by atoms with Gasteiger partial charge in [0.1, 0.15) is 0 Å². The zero-order valence-electron chi connectivity index (χ0n) is 72.2. The van der Waals surface area contributed by atoms with Gasteiger partial charge in [-0.1, -0.05) is 99.9 Å². The first-order valence-electron chi connectivity index (χ1n) is 40.9. The van der Waals surface area contributed by atoms with Crippen LogP contribution >= 0.6 is 0 Å². The summed E-state index contributed by atoms with van der Waals surface area (Å²) in [6.07, 6.45) is 2.36. The van der Waals surface area contributed by atoms with Crippen molar-refractivity contribution in [3.8, 4) is 0 Å². The second-order valence-electron chi connectivity index (χ2n) is 30.7. The van der Waals surface area contributed by atoms with E-state index in [9.17, 15) is 129 Å². The van der Waals surface area contributed by atoms with Crippen LogP contribution in [0, 0.1) is 80.9 Å². The Labute approximate surface area is 730 Å². The van der Waals surface area contributed by atoms with E-state index >= 15 is 0 Å². The summed E-state index contributed by atoms with van der Waals surface area (Å²) < 4.78 is 16.0. The Morgan fingerprint density at radius 2 is 0.469 bits per heavy atom. The van der Waals surface area contributed by atoms with Crippen molar-refractivity contribution in [2.24, 2.45) is 0 Å². The van der Waals surface area contributed by atoms with Crippen molar-refractivity contribution in [1.29, 1.82) is 0 Å². The molecule has 9 atom stereocenters. The highest BCUT2D eigenvalue weighted by Crippen LogP contribution is 2.37. The molecule has 10 rings (SSSR count). The first-order chi connectivity index (χ1) is 60.4. The molecule has 0 aromatic heterocycles. The molecule has 3 unspecified atom stereocenters. The van der Waals surface area contributed by atoms with E-state index in [1.165, 1.54) is 0 Å². The van der Waals surface area contributed by atoms with E-state index in [4.69, 9.17) is 14.2 Å².